The van der Waals surface area contributed by atoms with Gasteiger partial charge >= 0.3 is 6.18 Å². The van der Waals surface area contributed by atoms with Crippen LogP contribution in [0.1, 0.15) is 35.4 Å². The predicted octanol–water partition coefficient (Wildman–Crippen LogP) is 4.23. The SMILES string of the molecule is O=Nc1ccc(Cn2nc(C(F)(F)F)c3c2CCCC3)cc1. The van der Waals surface area contributed by atoms with Crippen LogP contribution in [0.3, 0.4) is 0 Å². The number of nitrogens with zero attached hydrogens (tertiary/aromatic N) is 3. The van der Waals surface area contributed by atoms with Crippen molar-refractivity contribution < 1.29 is 13.2 Å². The summed E-state index contributed by atoms with van der Waals surface area (Å²) in [5.74, 6) is 0. The second kappa shape index (κ2) is 5.55. The number of nitroso groups, excluding NO2 is 1. The van der Waals surface area contributed by atoms with Crippen LogP contribution >= 0.6 is 0 Å². The van der Waals surface area contributed by atoms with Gasteiger partial charge in [0.25, 0.3) is 0 Å². The van der Waals surface area contributed by atoms with Crippen molar-refractivity contribution in [2.75, 3.05) is 0 Å². The van der Waals surface area contributed by atoms with E-state index in [9.17, 15) is 18.1 Å². The van der Waals surface area contributed by atoms with Crippen LogP contribution in [0.25, 0.3) is 0 Å². The molecule has 22 heavy (non-hydrogen) atoms. The zero-order valence-electron chi connectivity index (χ0n) is 11.7. The van der Waals surface area contributed by atoms with Crippen molar-refractivity contribution in [3.8, 4) is 0 Å². The second-order valence-electron chi connectivity index (χ2n) is 5.39. The molecule has 1 heterocycles. The highest BCUT2D eigenvalue weighted by molar-refractivity contribution is 5.39. The fourth-order valence-corrected chi connectivity index (χ4v) is 2.86. The Hall–Kier alpha value is -2.18. The largest absolute Gasteiger partial charge is 0.435 e. The molecule has 0 N–H and O–H groups in total. The van der Waals surface area contributed by atoms with Gasteiger partial charge in [-0.25, -0.2) is 0 Å². The molecule has 2 aromatic rings. The standard InChI is InChI=1S/C15H14F3N3O/c16-15(17,18)14-12-3-1-2-4-13(12)21(19-14)9-10-5-7-11(20-22)8-6-10/h5-8H,1-4,9H2. The first-order valence-electron chi connectivity index (χ1n) is 7.07. The third-order valence-electron chi connectivity index (χ3n) is 3.90. The van der Waals surface area contributed by atoms with Crippen LogP contribution in [-0.4, -0.2) is 9.78 Å². The third kappa shape index (κ3) is 2.75. The molecule has 0 fully saturated rings. The average molecular weight is 309 g/mol. The van der Waals surface area contributed by atoms with Crippen molar-refractivity contribution in [3.63, 3.8) is 0 Å². The zero-order valence-corrected chi connectivity index (χ0v) is 11.7. The lowest BCUT2D eigenvalue weighted by atomic mass is 9.95. The Kier molecular flexibility index (Phi) is 3.72. The summed E-state index contributed by atoms with van der Waals surface area (Å²) in [5, 5.41) is 6.61. The number of alkyl halides is 3. The van der Waals surface area contributed by atoms with Gasteiger partial charge in [-0.15, -0.1) is 4.91 Å². The minimum atomic E-state index is -4.42. The first kappa shape index (κ1) is 14.7. The summed E-state index contributed by atoms with van der Waals surface area (Å²) in [6.45, 7) is 0.261. The molecule has 0 saturated heterocycles. The van der Waals surface area contributed by atoms with Crippen molar-refractivity contribution >= 4 is 5.69 Å². The average Bonchev–Trinajstić information content (AvgIpc) is 2.87. The van der Waals surface area contributed by atoms with Crippen LogP contribution < -0.4 is 0 Å². The fraction of sp³-hybridized carbons (Fsp3) is 0.400. The highest BCUT2D eigenvalue weighted by Gasteiger charge is 2.39. The van der Waals surface area contributed by atoms with E-state index in [0.29, 0.717) is 29.8 Å². The molecule has 0 spiro atoms. The van der Waals surface area contributed by atoms with Crippen LogP contribution in [0.2, 0.25) is 0 Å². The van der Waals surface area contributed by atoms with E-state index in [4.69, 9.17) is 0 Å². The lowest BCUT2D eigenvalue weighted by Gasteiger charge is -2.14. The molecule has 1 aromatic heterocycles. The van der Waals surface area contributed by atoms with E-state index in [1.165, 1.54) is 4.68 Å². The number of fused-ring (bicyclic) bond motifs is 1. The first-order valence-corrected chi connectivity index (χ1v) is 7.07. The molecule has 3 rings (SSSR count). The molecule has 4 nitrogen and oxygen atoms in total. The van der Waals surface area contributed by atoms with E-state index in [2.05, 4.69) is 10.3 Å². The number of aromatic nitrogens is 2. The van der Waals surface area contributed by atoms with Gasteiger partial charge in [0.2, 0.25) is 0 Å². The van der Waals surface area contributed by atoms with Crippen LogP contribution in [0.4, 0.5) is 18.9 Å². The molecule has 7 heteroatoms. The van der Waals surface area contributed by atoms with E-state index < -0.39 is 11.9 Å². The van der Waals surface area contributed by atoms with Crippen molar-refractivity contribution in [1.82, 2.24) is 9.78 Å². The first-order chi connectivity index (χ1) is 10.5. The van der Waals surface area contributed by atoms with Gasteiger partial charge in [-0.1, -0.05) is 12.1 Å². The van der Waals surface area contributed by atoms with Crippen molar-refractivity contribution in [2.24, 2.45) is 5.18 Å². The Balaban J connectivity index is 1.96. The van der Waals surface area contributed by atoms with E-state index >= 15 is 0 Å². The molecule has 0 amide bonds. The Bertz CT molecular complexity index is 689. The van der Waals surface area contributed by atoms with E-state index in [1.807, 2.05) is 0 Å². The van der Waals surface area contributed by atoms with Crippen molar-refractivity contribution in [2.45, 2.75) is 38.4 Å². The summed E-state index contributed by atoms with van der Waals surface area (Å²) in [5.41, 5.74) is 1.34. The monoisotopic (exact) mass is 309 g/mol. The Labute approximate surface area is 124 Å². The number of benzene rings is 1. The summed E-state index contributed by atoms with van der Waals surface area (Å²) in [6.07, 6.45) is -1.73. The lowest BCUT2D eigenvalue weighted by Crippen LogP contribution is -2.11. The van der Waals surface area contributed by atoms with E-state index in [1.54, 1.807) is 24.3 Å². The maximum absolute atomic E-state index is 13.1. The third-order valence-corrected chi connectivity index (χ3v) is 3.90. The Morgan fingerprint density at radius 2 is 1.82 bits per heavy atom. The highest BCUT2D eigenvalue weighted by Crippen LogP contribution is 2.36. The van der Waals surface area contributed by atoms with Crippen molar-refractivity contribution in [1.29, 1.82) is 0 Å². The minimum absolute atomic E-state index is 0.261. The quantitative estimate of drug-likeness (QED) is 0.797. The number of hydrogen-bond acceptors (Lipinski definition) is 3. The molecule has 0 bridgehead atoms. The predicted molar refractivity (Wildman–Crippen MR) is 74.9 cm³/mol. The normalized spacial score (nSPS) is 14.7. The fourth-order valence-electron chi connectivity index (χ4n) is 2.86. The highest BCUT2D eigenvalue weighted by atomic mass is 19.4. The molecule has 1 aromatic carbocycles. The smallest absolute Gasteiger partial charge is 0.264 e. The number of hydrogen-bond donors (Lipinski definition) is 0. The molecule has 0 radical (unpaired) electrons. The van der Waals surface area contributed by atoms with Gasteiger partial charge in [0, 0.05) is 11.3 Å². The summed E-state index contributed by atoms with van der Waals surface area (Å²) in [4.78, 5) is 10.4. The molecule has 1 aliphatic carbocycles. The molecule has 0 aliphatic heterocycles. The number of halogens is 3. The second-order valence-corrected chi connectivity index (χ2v) is 5.39. The van der Waals surface area contributed by atoms with Gasteiger partial charge in [-0.3, -0.25) is 4.68 Å². The molecule has 0 saturated carbocycles. The lowest BCUT2D eigenvalue weighted by molar-refractivity contribution is -0.142. The Morgan fingerprint density at radius 1 is 1.14 bits per heavy atom. The Morgan fingerprint density at radius 3 is 2.45 bits per heavy atom. The van der Waals surface area contributed by atoms with E-state index in [0.717, 1.165) is 18.4 Å². The molecular formula is C15H14F3N3O. The maximum atomic E-state index is 13.1. The zero-order chi connectivity index (χ0) is 15.7. The summed E-state index contributed by atoms with van der Waals surface area (Å²) in [6, 6.07) is 6.45. The van der Waals surface area contributed by atoms with Gasteiger partial charge in [0.15, 0.2) is 5.69 Å². The number of rotatable bonds is 3. The van der Waals surface area contributed by atoms with Crippen LogP contribution in [0, 0.1) is 4.91 Å². The van der Waals surface area contributed by atoms with Gasteiger partial charge in [-0.05, 0) is 48.6 Å². The van der Waals surface area contributed by atoms with Gasteiger partial charge in [-0.2, -0.15) is 18.3 Å². The van der Waals surface area contributed by atoms with Crippen LogP contribution in [0.5, 0.6) is 0 Å². The van der Waals surface area contributed by atoms with Gasteiger partial charge in [0.05, 0.1) is 6.54 Å². The minimum Gasteiger partial charge on any atom is -0.264 e. The molecular weight excluding hydrogens is 295 g/mol. The molecule has 116 valence electrons. The van der Waals surface area contributed by atoms with Crippen molar-refractivity contribution in [3.05, 3.63) is 51.7 Å². The van der Waals surface area contributed by atoms with E-state index in [-0.39, 0.29) is 6.54 Å². The summed E-state index contributed by atoms with van der Waals surface area (Å²) in [7, 11) is 0. The van der Waals surface area contributed by atoms with Gasteiger partial charge < -0.3 is 0 Å². The topological polar surface area (TPSA) is 47.2 Å². The molecule has 0 atom stereocenters. The molecule has 0 unspecified atom stereocenters. The van der Waals surface area contributed by atoms with Crippen LogP contribution in [-0.2, 0) is 25.6 Å². The van der Waals surface area contributed by atoms with Crippen LogP contribution in [0.15, 0.2) is 29.4 Å². The molecule has 1 aliphatic rings. The van der Waals surface area contributed by atoms with Gasteiger partial charge in [0.1, 0.15) is 5.69 Å². The summed E-state index contributed by atoms with van der Waals surface area (Å²) < 4.78 is 40.8. The maximum Gasteiger partial charge on any atom is 0.435 e. The summed E-state index contributed by atoms with van der Waals surface area (Å²) >= 11 is 0.